The van der Waals surface area contributed by atoms with E-state index in [1.54, 1.807) is 13.8 Å². The average Bonchev–Trinajstić information content (AvgIpc) is 3.58. The summed E-state index contributed by atoms with van der Waals surface area (Å²) in [4.78, 5) is 14.1. The maximum Gasteiger partial charge on any atom is 0.309 e. The van der Waals surface area contributed by atoms with E-state index in [1.807, 2.05) is 0 Å². The van der Waals surface area contributed by atoms with E-state index < -0.39 is 11.4 Å². The van der Waals surface area contributed by atoms with Crippen LogP contribution in [0.1, 0.15) is 139 Å². The second kappa shape index (κ2) is 13.7. The fraction of sp³-hybridized carbons (Fsp3) is 0.864. The molecule has 1 heterocycles. The van der Waals surface area contributed by atoms with Crippen LogP contribution in [-0.4, -0.2) is 70.5 Å². The highest BCUT2D eigenvalue weighted by Crippen LogP contribution is 2.78. The fourth-order valence-corrected chi connectivity index (χ4v) is 15.1. The van der Waals surface area contributed by atoms with Crippen molar-refractivity contribution < 1.29 is 24.5 Å². The molecule has 0 aromatic rings. The zero-order valence-electron chi connectivity index (χ0n) is 34.0. The minimum Gasteiger partial charge on any atom is -0.497 e. The number of nitrogens with two attached hydrogens (primary N) is 1. The zero-order valence-corrected chi connectivity index (χ0v) is 35.0. The van der Waals surface area contributed by atoms with E-state index in [-0.39, 0.29) is 44.8 Å². The second-order valence-corrected chi connectivity index (χ2v) is 21.4. The van der Waals surface area contributed by atoms with Crippen LogP contribution in [0.3, 0.4) is 0 Å². The molecule has 4 N–H and O–H groups in total. The lowest BCUT2D eigenvalue weighted by Crippen LogP contribution is -2.74. The molecule has 1 aliphatic heterocycles. The highest BCUT2D eigenvalue weighted by atomic mass is 31.0. The van der Waals surface area contributed by atoms with Crippen LogP contribution in [-0.2, 0) is 14.3 Å². The van der Waals surface area contributed by atoms with Crippen LogP contribution < -0.4 is 5.73 Å². The van der Waals surface area contributed by atoms with Gasteiger partial charge in [0.15, 0.2) is 0 Å². The molecule has 52 heavy (non-hydrogen) atoms. The van der Waals surface area contributed by atoms with Crippen molar-refractivity contribution in [2.75, 3.05) is 26.2 Å². The van der Waals surface area contributed by atoms with Crippen molar-refractivity contribution in [3.63, 3.8) is 0 Å². The molecular formula is C44H73N2O5P. The lowest BCUT2D eigenvalue weighted by Gasteiger charge is -2.74. The van der Waals surface area contributed by atoms with Gasteiger partial charge < -0.3 is 25.4 Å². The van der Waals surface area contributed by atoms with E-state index in [2.05, 4.69) is 68.5 Å². The van der Waals surface area contributed by atoms with Crippen molar-refractivity contribution in [2.45, 2.75) is 157 Å². The highest BCUT2D eigenvalue weighted by Gasteiger charge is 2.74. The molecule has 6 aliphatic rings. The Morgan fingerprint density at radius 1 is 0.923 bits per heavy atom. The largest absolute Gasteiger partial charge is 0.497 e. The maximum absolute atomic E-state index is 11.9. The normalized spacial score (nSPS) is 44.2. The molecule has 1 saturated heterocycles. The second-order valence-electron chi connectivity index (χ2n) is 20.8. The Hall–Kier alpha value is -1.24. The van der Waals surface area contributed by atoms with Gasteiger partial charge in [-0.05, 0) is 149 Å². The lowest BCUT2D eigenvalue weighted by atomic mass is 9.31. The molecule has 5 aliphatic carbocycles. The number of likely N-dealkylation sites (tertiary alicyclic amines) is 1. The zero-order chi connectivity index (χ0) is 38.3. The predicted octanol–water partition coefficient (Wildman–Crippen LogP) is 8.87. The predicted molar refractivity (Wildman–Crippen MR) is 213 cm³/mol. The van der Waals surface area contributed by atoms with Gasteiger partial charge in [-0.15, -0.1) is 0 Å². The number of β-amino-alcohol motifs (C(OH)–C–C–N with tert-alkyl or cyclic N) is 1. The number of carboxylic acids is 1. The third-order valence-corrected chi connectivity index (χ3v) is 17.8. The minimum atomic E-state index is -0.883. The lowest BCUT2D eigenvalue weighted by molar-refractivity contribution is -0.251. The SMILES string of the molecule is C=C(CN1CCC(O)C1)OCC[C@]12CC[C@@H](C(=C)C)[C@]1(N)[C@H]1CC[C@@H]3[C@@]4(C)CC[C@H](OC(=P)CC(C)(C)C(=O)O)C(C)(C)[C@@H]4CC[C@@]3(C)[C@]1(C)CC2. The average molecular weight is 741 g/mol. The van der Waals surface area contributed by atoms with E-state index in [0.717, 1.165) is 57.2 Å². The number of aliphatic carboxylic acids is 1. The summed E-state index contributed by atoms with van der Waals surface area (Å²) < 4.78 is 13.0. The summed E-state index contributed by atoms with van der Waals surface area (Å²) >= 11 is 0. The van der Waals surface area contributed by atoms with Crippen LogP contribution in [0.15, 0.2) is 24.5 Å². The molecule has 6 fully saturated rings. The third kappa shape index (κ3) is 6.22. The third-order valence-electron chi connectivity index (χ3n) is 17.5. The Morgan fingerprint density at radius 2 is 1.60 bits per heavy atom. The Balaban J connectivity index is 1.21. The van der Waals surface area contributed by atoms with Crippen LogP contribution in [0.4, 0.5) is 0 Å². The summed E-state index contributed by atoms with van der Waals surface area (Å²) in [5.41, 5.74) is 9.38. The quantitative estimate of drug-likeness (QED) is 0.104. The maximum atomic E-state index is 11.9. The number of rotatable bonds is 12. The molecule has 0 bridgehead atoms. The Kier molecular flexibility index (Phi) is 10.7. The Morgan fingerprint density at radius 3 is 2.23 bits per heavy atom. The monoisotopic (exact) mass is 741 g/mol. The van der Waals surface area contributed by atoms with E-state index in [9.17, 15) is 15.0 Å². The van der Waals surface area contributed by atoms with Crippen molar-refractivity contribution >= 4 is 20.3 Å². The van der Waals surface area contributed by atoms with Crippen molar-refractivity contribution in [1.29, 1.82) is 0 Å². The van der Waals surface area contributed by atoms with E-state index in [4.69, 9.17) is 15.2 Å². The van der Waals surface area contributed by atoms with Crippen molar-refractivity contribution in [2.24, 2.45) is 61.9 Å². The first kappa shape index (κ1) is 40.4. The van der Waals surface area contributed by atoms with Gasteiger partial charge in [-0.2, -0.15) is 0 Å². The summed E-state index contributed by atoms with van der Waals surface area (Å²) in [6, 6.07) is 0. The first-order valence-corrected chi connectivity index (χ1v) is 21.2. The van der Waals surface area contributed by atoms with Crippen molar-refractivity contribution in [1.82, 2.24) is 4.90 Å². The number of aliphatic hydroxyl groups excluding tert-OH is 1. The molecule has 8 heteroatoms. The van der Waals surface area contributed by atoms with Gasteiger partial charge in [0.25, 0.3) is 0 Å². The molecule has 0 aromatic carbocycles. The van der Waals surface area contributed by atoms with Crippen LogP contribution in [0.2, 0.25) is 0 Å². The summed E-state index contributed by atoms with van der Waals surface area (Å²) in [5, 5.41) is 19.7. The van der Waals surface area contributed by atoms with Gasteiger partial charge in [-0.1, -0.05) is 62.2 Å². The summed E-state index contributed by atoms with van der Waals surface area (Å²) in [5.74, 6) is 1.91. The number of hydrogen-bond donors (Lipinski definition) is 3. The summed E-state index contributed by atoms with van der Waals surface area (Å²) in [7, 11) is 3.72. The molecule has 5 saturated carbocycles. The van der Waals surface area contributed by atoms with Gasteiger partial charge in [0.1, 0.15) is 5.76 Å². The first-order chi connectivity index (χ1) is 24.1. The number of nitrogens with zero attached hydrogens (tertiary/aromatic N) is 1. The smallest absolute Gasteiger partial charge is 0.309 e. The molecule has 0 aromatic heterocycles. The Bertz CT molecular complexity index is 1440. The van der Waals surface area contributed by atoms with E-state index >= 15 is 0 Å². The number of ether oxygens (including phenoxy) is 2. The van der Waals surface area contributed by atoms with Gasteiger partial charge in [-0.25, -0.2) is 0 Å². The van der Waals surface area contributed by atoms with Crippen molar-refractivity contribution in [3.8, 4) is 0 Å². The van der Waals surface area contributed by atoms with E-state index in [0.29, 0.717) is 55.3 Å². The van der Waals surface area contributed by atoms with Crippen LogP contribution in [0.25, 0.3) is 0 Å². The van der Waals surface area contributed by atoms with Gasteiger partial charge >= 0.3 is 5.97 Å². The van der Waals surface area contributed by atoms with Gasteiger partial charge in [0.2, 0.25) is 0 Å². The van der Waals surface area contributed by atoms with Crippen LogP contribution in [0, 0.1) is 56.2 Å². The molecule has 0 radical (unpaired) electrons. The molecule has 1 unspecified atom stereocenters. The number of hydrogen-bond acceptors (Lipinski definition) is 6. The Labute approximate surface area is 318 Å². The van der Waals surface area contributed by atoms with Gasteiger partial charge in [0.05, 0.1) is 36.3 Å². The molecule has 0 spiro atoms. The highest BCUT2D eigenvalue weighted by molar-refractivity contribution is 7.20. The molecule has 0 amide bonds. The van der Waals surface area contributed by atoms with Crippen LogP contribution >= 0.6 is 8.86 Å². The van der Waals surface area contributed by atoms with Crippen LogP contribution in [0.5, 0.6) is 0 Å². The molecule has 11 atom stereocenters. The number of aliphatic hydroxyl groups is 1. The number of fused-ring (bicyclic) bond motifs is 7. The van der Waals surface area contributed by atoms with Gasteiger partial charge in [0, 0.05) is 25.0 Å². The topological polar surface area (TPSA) is 105 Å². The molecule has 7 nitrogen and oxygen atoms in total. The number of carbonyl (C=O) groups is 1. The fourth-order valence-electron chi connectivity index (χ4n) is 14.5. The molecule has 294 valence electrons. The number of carboxylic acid groups (broad SMARTS) is 1. The van der Waals surface area contributed by atoms with Crippen molar-refractivity contribution in [3.05, 3.63) is 24.5 Å². The molecule has 6 rings (SSSR count). The van der Waals surface area contributed by atoms with Gasteiger partial charge in [-0.3, -0.25) is 9.69 Å². The summed E-state index contributed by atoms with van der Waals surface area (Å²) in [6.45, 7) is 30.3. The van der Waals surface area contributed by atoms with E-state index in [1.165, 1.54) is 37.7 Å². The molecular weight excluding hydrogens is 667 g/mol. The summed E-state index contributed by atoms with van der Waals surface area (Å²) in [6.07, 6.45) is 13.5. The minimum absolute atomic E-state index is 0.0333. The standard InChI is InChI=1S/C44H73N2O5P/c1-28(2)31-13-19-43(22-24-50-29(3)26-46-23-16-30(47)27-46)21-20-42(10)34(44(31,43)45)12-11-33-40(8)17-15-35(51-36(52)25-38(4,5)37(48)49)39(6,7)32(40)14-18-41(33,42)9/h30-35,47,52H,1,3,11-27,45H2,2,4-10H3,(H,48,49)/t30?,31-,32-,33+,34-,35-,40-,41+,42+,43+,44-/m0/s1. The first-order valence-electron chi connectivity index (χ1n) is 20.7.